The molecule has 1 atom stereocenters. The fourth-order valence-corrected chi connectivity index (χ4v) is 2.47. The summed E-state index contributed by atoms with van der Waals surface area (Å²) in [5.41, 5.74) is 0.818. The second-order valence-corrected chi connectivity index (χ2v) is 4.76. The summed E-state index contributed by atoms with van der Waals surface area (Å²) >= 11 is 0. The Hall–Kier alpha value is -2.43. The van der Waals surface area contributed by atoms with Crippen molar-refractivity contribution >= 4 is 17.5 Å². The fourth-order valence-electron chi connectivity index (χ4n) is 2.47. The highest BCUT2D eigenvalue weighted by atomic mass is 16.2. The van der Waals surface area contributed by atoms with E-state index in [0.717, 1.165) is 25.1 Å². The van der Waals surface area contributed by atoms with Crippen LogP contribution in [-0.2, 0) is 4.79 Å². The smallest absolute Gasteiger partial charge is 0.247 e. The van der Waals surface area contributed by atoms with Crippen LogP contribution in [0, 0.1) is 0 Å². The van der Waals surface area contributed by atoms with Crippen LogP contribution in [0.25, 0.3) is 0 Å². The molecule has 2 aromatic rings. The Balaban J connectivity index is 1.74. The molecule has 1 N–H and O–H groups in total. The molecule has 1 aliphatic rings. The number of rotatable bonds is 3. The molecule has 1 unspecified atom stereocenters. The number of amides is 1. The van der Waals surface area contributed by atoms with Crippen LogP contribution < -0.4 is 10.2 Å². The zero-order chi connectivity index (χ0) is 13.8. The maximum absolute atomic E-state index is 12.4. The molecule has 0 spiro atoms. The van der Waals surface area contributed by atoms with Crippen molar-refractivity contribution in [3.05, 3.63) is 48.8 Å². The Labute approximate surface area is 117 Å². The summed E-state index contributed by atoms with van der Waals surface area (Å²) in [6, 6.07) is 11.1. The Kier molecular flexibility index (Phi) is 3.58. The number of nitrogens with one attached hydrogen (secondary N) is 1. The van der Waals surface area contributed by atoms with Gasteiger partial charge in [-0.25, -0.2) is 9.97 Å². The Bertz CT molecular complexity index is 573. The van der Waals surface area contributed by atoms with Crippen molar-refractivity contribution < 1.29 is 4.79 Å². The summed E-state index contributed by atoms with van der Waals surface area (Å²) in [7, 11) is 0. The minimum Gasteiger partial charge on any atom is -0.329 e. The van der Waals surface area contributed by atoms with Crippen molar-refractivity contribution in [2.75, 3.05) is 16.8 Å². The number of carbonyl (C=O) groups excluding carboxylic acids is 1. The summed E-state index contributed by atoms with van der Waals surface area (Å²) in [4.78, 5) is 22.8. The van der Waals surface area contributed by atoms with Gasteiger partial charge >= 0.3 is 0 Å². The van der Waals surface area contributed by atoms with Crippen LogP contribution in [0.2, 0.25) is 0 Å². The molecule has 5 nitrogen and oxygen atoms in total. The molecule has 0 bridgehead atoms. The largest absolute Gasteiger partial charge is 0.329 e. The maximum Gasteiger partial charge on any atom is 0.247 e. The molecule has 0 aliphatic carbocycles. The van der Waals surface area contributed by atoms with Crippen molar-refractivity contribution in [1.29, 1.82) is 0 Å². The molecule has 1 aliphatic heterocycles. The first-order valence-electron chi connectivity index (χ1n) is 6.74. The number of anilines is 2. The van der Waals surface area contributed by atoms with E-state index in [1.807, 2.05) is 35.2 Å². The third-order valence-electron chi connectivity index (χ3n) is 3.41. The fraction of sp³-hybridized carbons (Fsp3) is 0.267. The van der Waals surface area contributed by atoms with E-state index >= 15 is 0 Å². The summed E-state index contributed by atoms with van der Waals surface area (Å²) in [6.45, 7) is 0.816. The lowest BCUT2D eigenvalue weighted by atomic mass is 10.2. The first kappa shape index (κ1) is 12.6. The van der Waals surface area contributed by atoms with Gasteiger partial charge in [0, 0.05) is 24.6 Å². The summed E-state index contributed by atoms with van der Waals surface area (Å²) in [6.07, 6.45) is 5.21. The van der Waals surface area contributed by atoms with Gasteiger partial charge in [-0.3, -0.25) is 4.79 Å². The predicted octanol–water partition coefficient (Wildman–Crippen LogP) is 2.08. The zero-order valence-corrected chi connectivity index (χ0v) is 11.1. The molecule has 1 fully saturated rings. The highest BCUT2D eigenvalue weighted by Gasteiger charge is 2.32. The van der Waals surface area contributed by atoms with E-state index in [-0.39, 0.29) is 11.9 Å². The molecule has 1 aromatic heterocycles. The molecule has 3 rings (SSSR count). The number of nitrogens with zero attached hydrogens (tertiary/aromatic N) is 3. The van der Waals surface area contributed by atoms with Crippen molar-refractivity contribution in [3.63, 3.8) is 0 Å². The lowest BCUT2D eigenvalue weighted by molar-refractivity contribution is -0.117. The standard InChI is InChI=1S/C15H16N4O/c20-14(18-12-6-2-1-3-7-12)13-8-4-11-19(13)15-16-9-5-10-17-15/h1-3,5-7,9-10,13H,4,8,11H2,(H,18,20). The van der Waals surface area contributed by atoms with Gasteiger partial charge in [0.2, 0.25) is 11.9 Å². The molecule has 2 heterocycles. The number of hydrogen-bond donors (Lipinski definition) is 1. The molecule has 102 valence electrons. The van der Waals surface area contributed by atoms with Crippen LogP contribution in [-0.4, -0.2) is 28.5 Å². The predicted molar refractivity (Wildman–Crippen MR) is 77.5 cm³/mol. The van der Waals surface area contributed by atoms with E-state index < -0.39 is 0 Å². The van der Waals surface area contributed by atoms with Gasteiger partial charge in [-0.2, -0.15) is 0 Å². The maximum atomic E-state index is 12.4. The Morgan fingerprint density at radius 1 is 1.15 bits per heavy atom. The SMILES string of the molecule is O=C(Nc1ccccc1)C1CCCN1c1ncccn1. The van der Waals surface area contributed by atoms with E-state index in [0.29, 0.717) is 5.95 Å². The summed E-state index contributed by atoms with van der Waals surface area (Å²) in [5, 5.41) is 2.95. The first-order chi connectivity index (χ1) is 9.84. The van der Waals surface area contributed by atoms with Crippen LogP contribution in [0.4, 0.5) is 11.6 Å². The van der Waals surface area contributed by atoms with Gasteiger partial charge in [-0.15, -0.1) is 0 Å². The van der Waals surface area contributed by atoms with Crippen molar-refractivity contribution in [1.82, 2.24) is 9.97 Å². The minimum absolute atomic E-state index is 0.00107. The van der Waals surface area contributed by atoms with Gasteiger partial charge < -0.3 is 10.2 Å². The van der Waals surface area contributed by atoms with Gasteiger partial charge in [0.05, 0.1) is 0 Å². The quantitative estimate of drug-likeness (QED) is 0.926. The molecule has 0 saturated carbocycles. The summed E-state index contributed by atoms with van der Waals surface area (Å²) in [5.74, 6) is 0.624. The molecule has 1 amide bonds. The van der Waals surface area contributed by atoms with Crippen molar-refractivity contribution in [2.24, 2.45) is 0 Å². The summed E-state index contributed by atoms with van der Waals surface area (Å²) < 4.78 is 0. The third-order valence-corrected chi connectivity index (χ3v) is 3.41. The van der Waals surface area contributed by atoms with E-state index in [2.05, 4.69) is 15.3 Å². The minimum atomic E-state index is -0.197. The van der Waals surface area contributed by atoms with Gasteiger partial charge in [-0.1, -0.05) is 18.2 Å². The monoisotopic (exact) mass is 268 g/mol. The second kappa shape index (κ2) is 5.69. The lowest BCUT2D eigenvalue weighted by Gasteiger charge is -2.23. The number of carbonyl (C=O) groups is 1. The molecule has 1 saturated heterocycles. The average Bonchev–Trinajstić information content (AvgIpc) is 2.99. The molecule has 1 aromatic carbocycles. The molecular weight excluding hydrogens is 252 g/mol. The van der Waals surface area contributed by atoms with E-state index in [1.165, 1.54) is 0 Å². The number of para-hydroxylation sites is 1. The van der Waals surface area contributed by atoms with Crippen LogP contribution in [0.3, 0.4) is 0 Å². The van der Waals surface area contributed by atoms with Crippen LogP contribution in [0.5, 0.6) is 0 Å². The van der Waals surface area contributed by atoms with Gasteiger partial charge in [-0.05, 0) is 31.0 Å². The molecule has 5 heteroatoms. The number of aromatic nitrogens is 2. The number of benzene rings is 1. The van der Waals surface area contributed by atoms with Crippen LogP contribution in [0.1, 0.15) is 12.8 Å². The van der Waals surface area contributed by atoms with Crippen LogP contribution >= 0.6 is 0 Å². The van der Waals surface area contributed by atoms with E-state index in [9.17, 15) is 4.79 Å². The third kappa shape index (κ3) is 2.61. The zero-order valence-electron chi connectivity index (χ0n) is 11.1. The van der Waals surface area contributed by atoms with Gasteiger partial charge in [0.25, 0.3) is 0 Å². The topological polar surface area (TPSA) is 58.1 Å². The lowest BCUT2D eigenvalue weighted by Crippen LogP contribution is -2.40. The average molecular weight is 268 g/mol. The second-order valence-electron chi connectivity index (χ2n) is 4.76. The Morgan fingerprint density at radius 2 is 1.90 bits per heavy atom. The molecule has 20 heavy (non-hydrogen) atoms. The number of hydrogen-bond acceptors (Lipinski definition) is 4. The highest BCUT2D eigenvalue weighted by molar-refractivity contribution is 5.96. The highest BCUT2D eigenvalue weighted by Crippen LogP contribution is 2.23. The van der Waals surface area contributed by atoms with Gasteiger partial charge in [0.1, 0.15) is 6.04 Å². The first-order valence-corrected chi connectivity index (χ1v) is 6.74. The van der Waals surface area contributed by atoms with Crippen LogP contribution in [0.15, 0.2) is 48.8 Å². The molecular formula is C15H16N4O. The van der Waals surface area contributed by atoms with E-state index in [4.69, 9.17) is 0 Å². The molecule has 0 radical (unpaired) electrons. The Morgan fingerprint density at radius 3 is 2.65 bits per heavy atom. The normalized spacial score (nSPS) is 18.0. The van der Waals surface area contributed by atoms with Gasteiger partial charge in [0.15, 0.2) is 0 Å². The van der Waals surface area contributed by atoms with Crippen molar-refractivity contribution in [3.8, 4) is 0 Å². The van der Waals surface area contributed by atoms with E-state index in [1.54, 1.807) is 18.5 Å². The van der Waals surface area contributed by atoms with Crippen molar-refractivity contribution in [2.45, 2.75) is 18.9 Å².